The summed E-state index contributed by atoms with van der Waals surface area (Å²) in [7, 11) is 0. The second kappa shape index (κ2) is 11.7. The molecule has 1 aliphatic rings. The van der Waals surface area contributed by atoms with Crippen molar-refractivity contribution in [2.45, 2.75) is 20.5 Å². The zero-order valence-electron chi connectivity index (χ0n) is 19.5. The Bertz CT molecular complexity index is 1370. The van der Waals surface area contributed by atoms with Gasteiger partial charge in [-0.1, -0.05) is 28.1 Å². The summed E-state index contributed by atoms with van der Waals surface area (Å²) in [5.41, 5.74) is 3.20. The molecule has 0 saturated carbocycles. The first-order chi connectivity index (χ1) is 17.3. The van der Waals surface area contributed by atoms with Gasteiger partial charge in [0.05, 0.1) is 10.2 Å². The van der Waals surface area contributed by atoms with Gasteiger partial charge in [0.2, 0.25) is 11.8 Å². The Kier molecular flexibility index (Phi) is 8.42. The van der Waals surface area contributed by atoms with E-state index in [0.717, 1.165) is 19.2 Å². The van der Waals surface area contributed by atoms with Gasteiger partial charge < -0.3 is 19.5 Å². The number of nitrogens with zero attached hydrogens (tertiary/aromatic N) is 1. The van der Waals surface area contributed by atoms with E-state index < -0.39 is 5.97 Å². The van der Waals surface area contributed by atoms with Crippen LogP contribution in [0, 0.1) is 3.57 Å². The lowest BCUT2D eigenvalue weighted by Crippen LogP contribution is -2.07. The van der Waals surface area contributed by atoms with Crippen LogP contribution in [0.1, 0.15) is 30.5 Å². The Morgan fingerprint density at radius 1 is 1.14 bits per heavy atom. The first-order valence-electron chi connectivity index (χ1n) is 11.1. The molecule has 0 aliphatic carbocycles. The average molecular weight is 661 g/mol. The predicted molar refractivity (Wildman–Crippen MR) is 150 cm³/mol. The van der Waals surface area contributed by atoms with Crippen molar-refractivity contribution in [1.82, 2.24) is 0 Å². The topological polar surface area (TPSA) is 86.2 Å². The number of carbonyl (C=O) groups is 2. The number of ether oxygens (including phenoxy) is 3. The second-order valence-electron chi connectivity index (χ2n) is 7.78. The van der Waals surface area contributed by atoms with E-state index in [9.17, 15) is 9.59 Å². The summed E-state index contributed by atoms with van der Waals surface area (Å²) in [6.07, 6.45) is 1.66. The van der Waals surface area contributed by atoms with Crippen molar-refractivity contribution in [2.24, 2.45) is 4.99 Å². The van der Waals surface area contributed by atoms with Crippen LogP contribution in [0.4, 0.5) is 5.69 Å². The number of hydrogen-bond donors (Lipinski definition) is 1. The standard InChI is InChI=1S/C27H22BrIN2O5/c1-3-34-24-14-18(12-22(29)25(24)35-15-17-5-4-6-20(28)11-17)13-23-27(33)36-26(31-23)19-7-9-21(10-8-19)30-16(2)32/h4-14H,3,15H2,1-2H3,(H,30,32)/b23-13-. The number of benzene rings is 3. The molecule has 0 saturated heterocycles. The molecule has 0 atom stereocenters. The van der Waals surface area contributed by atoms with Gasteiger partial charge in [0, 0.05) is 22.6 Å². The number of carbonyl (C=O) groups excluding carboxylic acids is 2. The molecule has 0 fully saturated rings. The Hall–Kier alpha value is -3.18. The molecule has 0 spiro atoms. The van der Waals surface area contributed by atoms with Gasteiger partial charge in [0.1, 0.15) is 6.61 Å². The molecule has 0 radical (unpaired) electrons. The molecule has 1 amide bonds. The third-order valence-corrected chi connectivity index (χ3v) is 6.27. The van der Waals surface area contributed by atoms with Crippen LogP contribution in [-0.4, -0.2) is 24.4 Å². The number of hydrogen-bond acceptors (Lipinski definition) is 6. The lowest BCUT2D eigenvalue weighted by atomic mass is 10.1. The van der Waals surface area contributed by atoms with Gasteiger partial charge in [-0.2, -0.15) is 0 Å². The maximum atomic E-state index is 12.5. The Labute approximate surface area is 230 Å². The lowest BCUT2D eigenvalue weighted by Gasteiger charge is -2.15. The van der Waals surface area contributed by atoms with E-state index in [0.29, 0.717) is 36.0 Å². The second-order valence-corrected chi connectivity index (χ2v) is 9.85. The molecule has 3 aromatic rings. The highest BCUT2D eigenvalue weighted by Gasteiger charge is 2.24. The van der Waals surface area contributed by atoms with Crippen molar-refractivity contribution in [1.29, 1.82) is 0 Å². The van der Waals surface area contributed by atoms with Gasteiger partial charge in [-0.05, 0) is 95.2 Å². The van der Waals surface area contributed by atoms with E-state index in [1.54, 1.807) is 30.3 Å². The average Bonchev–Trinajstić information content (AvgIpc) is 3.19. The smallest absolute Gasteiger partial charge is 0.363 e. The van der Waals surface area contributed by atoms with Crippen molar-refractivity contribution in [3.8, 4) is 11.5 Å². The minimum absolute atomic E-state index is 0.164. The molecule has 184 valence electrons. The highest BCUT2D eigenvalue weighted by molar-refractivity contribution is 14.1. The molecule has 0 bridgehead atoms. The maximum absolute atomic E-state index is 12.5. The van der Waals surface area contributed by atoms with Gasteiger partial charge in [-0.15, -0.1) is 0 Å². The fraction of sp³-hybridized carbons (Fsp3) is 0.148. The largest absolute Gasteiger partial charge is 0.490 e. The summed E-state index contributed by atoms with van der Waals surface area (Å²) in [4.78, 5) is 28.1. The molecular weight excluding hydrogens is 639 g/mol. The molecule has 0 unspecified atom stereocenters. The lowest BCUT2D eigenvalue weighted by molar-refractivity contribution is -0.129. The van der Waals surface area contributed by atoms with E-state index in [4.69, 9.17) is 14.2 Å². The minimum atomic E-state index is -0.543. The molecule has 36 heavy (non-hydrogen) atoms. The Morgan fingerprint density at radius 3 is 2.61 bits per heavy atom. The van der Waals surface area contributed by atoms with Crippen LogP contribution in [-0.2, 0) is 20.9 Å². The molecule has 1 aliphatic heterocycles. The number of cyclic esters (lactones) is 1. The minimum Gasteiger partial charge on any atom is -0.490 e. The molecule has 1 heterocycles. The molecule has 9 heteroatoms. The summed E-state index contributed by atoms with van der Waals surface area (Å²) in [6, 6.07) is 18.5. The number of anilines is 1. The van der Waals surface area contributed by atoms with Gasteiger partial charge in [-0.25, -0.2) is 9.79 Å². The van der Waals surface area contributed by atoms with Gasteiger partial charge in [0.25, 0.3) is 0 Å². The van der Waals surface area contributed by atoms with Crippen LogP contribution in [0.3, 0.4) is 0 Å². The fourth-order valence-corrected chi connectivity index (χ4v) is 4.67. The highest BCUT2D eigenvalue weighted by atomic mass is 127. The molecule has 4 rings (SSSR count). The van der Waals surface area contributed by atoms with Crippen LogP contribution in [0.5, 0.6) is 11.5 Å². The third kappa shape index (κ3) is 6.52. The van der Waals surface area contributed by atoms with Crippen LogP contribution in [0.15, 0.2) is 75.8 Å². The zero-order valence-corrected chi connectivity index (χ0v) is 23.3. The summed E-state index contributed by atoms with van der Waals surface area (Å²) in [5, 5.41) is 2.70. The number of halogens is 2. The third-order valence-electron chi connectivity index (χ3n) is 4.98. The Morgan fingerprint density at radius 2 is 1.92 bits per heavy atom. The number of aliphatic imine (C=N–C) groups is 1. The summed E-state index contributed by atoms with van der Waals surface area (Å²) in [6.45, 7) is 4.18. The number of rotatable bonds is 8. The van der Waals surface area contributed by atoms with Crippen LogP contribution in [0.25, 0.3) is 6.08 Å². The summed E-state index contributed by atoms with van der Waals surface area (Å²) >= 11 is 5.67. The fourth-order valence-electron chi connectivity index (χ4n) is 3.45. The first-order valence-corrected chi connectivity index (χ1v) is 12.9. The monoisotopic (exact) mass is 660 g/mol. The van der Waals surface area contributed by atoms with E-state index in [-0.39, 0.29) is 17.5 Å². The first kappa shape index (κ1) is 25.9. The van der Waals surface area contributed by atoms with Crippen molar-refractivity contribution in [3.05, 3.63) is 91.1 Å². The predicted octanol–water partition coefficient (Wildman–Crippen LogP) is 6.33. The van der Waals surface area contributed by atoms with Crippen molar-refractivity contribution >= 4 is 68.1 Å². The normalized spacial score (nSPS) is 13.8. The molecule has 7 nitrogen and oxygen atoms in total. The van der Waals surface area contributed by atoms with E-state index in [1.807, 2.05) is 43.3 Å². The van der Waals surface area contributed by atoms with Crippen LogP contribution in [0.2, 0.25) is 0 Å². The maximum Gasteiger partial charge on any atom is 0.363 e. The number of esters is 1. The van der Waals surface area contributed by atoms with Crippen LogP contribution >= 0.6 is 38.5 Å². The zero-order chi connectivity index (χ0) is 25.7. The van der Waals surface area contributed by atoms with E-state index in [2.05, 4.69) is 48.8 Å². The molecule has 0 aromatic heterocycles. The van der Waals surface area contributed by atoms with Crippen LogP contribution < -0.4 is 14.8 Å². The highest BCUT2D eigenvalue weighted by Crippen LogP contribution is 2.36. The van der Waals surface area contributed by atoms with Crippen molar-refractivity contribution in [2.75, 3.05) is 11.9 Å². The van der Waals surface area contributed by atoms with Gasteiger partial charge >= 0.3 is 5.97 Å². The SMILES string of the molecule is CCOc1cc(/C=C2\N=C(c3ccc(NC(C)=O)cc3)OC2=O)cc(I)c1OCc1cccc(Br)c1. The van der Waals surface area contributed by atoms with E-state index in [1.165, 1.54) is 6.92 Å². The Balaban J connectivity index is 1.57. The van der Waals surface area contributed by atoms with Gasteiger partial charge in [-0.3, -0.25) is 4.79 Å². The van der Waals surface area contributed by atoms with E-state index >= 15 is 0 Å². The quantitative estimate of drug-likeness (QED) is 0.173. The number of amides is 1. The number of nitrogens with one attached hydrogen (secondary N) is 1. The molecule has 3 aromatic carbocycles. The summed E-state index contributed by atoms with van der Waals surface area (Å²) < 4.78 is 19.1. The van der Waals surface area contributed by atoms with Crippen molar-refractivity contribution in [3.63, 3.8) is 0 Å². The van der Waals surface area contributed by atoms with Gasteiger partial charge in [0.15, 0.2) is 17.2 Å². The van der Waals surface area contributed by atoms with Crippen molar-refractivity contribution < 1.29 is 23.8 Å². The molecular formula is C27H22BrIN2O5. The molecule has 1 N–H and O–H groups in total. The summed E-state index contributed by atoms with van der Waals surface area (Å²) in [5.74, 6) is 0.712.